The van der Waals surface area contributed by atoms with Gasteiger partial charge in [-0.1, -0.05) is 36.9 Å². The van der Waals surface area contributed by atoms with E-state index < -0.39 is 11.9 Å². The molecule has 0 aliphatic heterocycles. The van der Waals surface area contributed by atoms with Crippen LogP contribution in [0.2, 0.25) is 0 Å². The molecule has 2 aromatic rings. The van der Waals surface area contributed by atoms with Crippen LogP contribution in [-0.4, -0.2) is 44.4 Å². The van der Waals surface area contributed by atoms with Crippen LogP contribution in [0.25, 0.3) is 0 Å². The molecule has 1 amide bonds. The zero-order valence-electron chi connectivity index (χ0n) is 15.1. The van der Waals surface area contributed by atoms with Crippen molar-refractivity contribution in [1.29, 1.82) is 0 Å². The first-order chi connectivity index (χ1) is 12.3. The summed E-state index contributed by atoms with van der Waals surface area (Å²) in [7, 11) is 0. The predicted octanol–water partition coefficient (Wildman–Crippen LogP) is 2.73. The highest BCUT2D eigenvalue weighted by molar-refractivity contribution is 7.99. The lowest BCUT2D eigenvalue weighted by Crippen LogP contribution is -2.21. The minimum atomic E-state index is -0.447. The first-order valence-corrected chi connectivity index (χ1v) is 9.87. The molecular formula is C16H21N5O3S2. The number of thioether (sulfide) groups is 1. The Balaban J connectivity index is 1.68. The van der Waals surface area contributed by atoms with Crippen molar-refractivity contribution < 1.29 is 14.3 Å². The van der Waals surface area contributed by atoms with Gasteiger partial charge in [-0.2, -0.15) is 0 Å². The Kier molecular flexibility index (Phi) is 7.46. The molecule has 0 saturated carbocycles. The normalized spacial score (nSPS) is 10.8. The third-order valence-corrected chi connectivity index (χ3v) is 5.03. The Morgan fingerprint density at radius 2 is 1.92 bits per heavy atom. The first-order valence-electron chi connectivity index (χ1n) is 8.07. The van der Waals surface area contributed by atoms with Gasteiger partial charge >= 0.3 is 5.97 Å². The van der Waals surface area contributed by atoms with Crippen LogP contribution in [0.3, 0.4) is 0 Å². The van der Waals surface area contributed by atoms with Crippen LogP contribution >= 0.6 is 23.1 Å². The van der Waals surface area contributed by atoms with E-state index in [9.17, 15) is 9.59 Å². The average Bonchev–Trinajstić information content (AvgIpc) is 3.01. The second-order valence-electron chi connectivity index (χ2n) is 5.84. The number of ether oxygens (including phenoxy) is 1. The molecule has 0 saturated heterocycles. The molecule has 2 heterocycles. The van der Waals surface area contributed by atoms with Crippen molar-refractivity contribution in [1.82, 2.24) is 20.2 Å². The third-order valence-electron chi connectivity index (χ3n) is 3.04. The van der Waals surface area contributed by atoms with E-state index in [2.05, 4.69) is 25.5 Å². The number of aryl methyl sites for hydroxylation is 2. The Hall–Kier alpha value is -2.07. The number of carbonyl (C=O) groups is 2. The maximum absolute atomic E-state index is 11.8. The molecule has 0 spiro atoms. The highest BCUT2D eigenvalue weighted by atomic mass is 32.2. The van der Waals surface area contributed by atoms with Gasteiger partial charge in [0.1, 0.15) is 5.01 Å². The lowest BCUT2D eigenvalue weighted by Gasteiger charge is -2.05. The summed E-state index contributed by atoms with van der Waals surface area (Å²) in [6.07, 6.45) is 0.171. The summed E-state index contributed by atoms with van der Waals surface area (Å²) >= 11 is 2.68. The Bertz CT molecular complexity index is 759. The van der Waals surface area contributed by atoms with Crippen molar-refractivity contribution in [2.45, 2.75) is 45.2 Å². The fraction of sp³-hybridized carbons (Fsp3) is 0.500. The lowest BCUT2D eigenvalue weighted by atomic mass is 10.2. The van der Waals surface area contributed by atoms with Crippen LogP contribution in [0.1, 0.15) is 42.6 Å². The van der Waals surface area contributed by atoms with Crippen LogP contribution in [0.4, 0.5) is 5.13 Å². The number of carbonyl (C=O) groups excluding carboxylic acids is 2. The monoisotopic (exact) mass is 395 g/mol. The van der Waals surface area contributed by atoms with Crippen LogP contribution in [-0.2, 0) is 14.3 Å². The molecule has 0 aromatic carbocycles. The molecule has 2 aromatic heterocycles. The van der Waals surface area contributed by atoms with E-state index in [0.29, 0.717) is 16.0 Å². The highest BCUT2D eigenvalue weighted by Crippen LogP contribution is 2.22. The fourth-order valence-corrected chi connectivity index (χ4v) is 3.51. The molecule has 0 aliphatic carbocycles. The average molecular weight is 396 g/mol. The van der Waals surface area contributed by atoms with E-state index in [-0.39, 0.29) is 18.9 Å². The molecule has 1 N–H and O–H groups in total. The van der Waals surface area contributed by atoms with Gasteiger partial charge < -0.3 is 4.74 Å². The van der Waals surface area contributed by atoms with Gasteiger partial charge in [0.05, 0.1) is 6.42 Å². The fourth-order valence-electron chi connectivity index (χ4n) is 1.88. The molecule has 0 aliphatic rings. The maximum atomic E-state index is 11.8. The van der Waals surface area contributed by atoms with E-state index in [4.69, 9.17) is 4.74 Å². The zero-order valence-corrected chi connectivity index (χ0v) is 16.7. The molecule has 2 rings (SSSR count). The van der Waals surface area contributed by atoms with Crippen molar-refractivity contribution in [3.05, 3.63) is 22.5 Å². The van der Waals surface area contributed by atoms with E-state index in [1.165, 1.54) is 23.1 Å². The maximum Gasteiger partial charge on any atom is 0.307 e. The molecule has 8 nitrogen and oxygen atoms in total. The summed E-state index contributed by atoms with van der Waals surface area (Å²) < 4.78 is 4.97. The van der Waals surface area contributed by atoms with Gasteiger partial charge in [-0.05, 0) is 19.9 Å². The van der Waals surface area contributed by atoms with E-state index >= 15 is 0 Å². The molecule has 0 bridgehead atoms. The lowest BCUT2D eigenvalue weighted by molar-refractivity contribution is -0.146. The molecule has 0 fully saturated rings. The van der Waals surface area contributed by atoms with Gasteiger partial charge in [-0.3, -0.25) is 14.9 Å². The van der Waals surface area contributed by atoms with Crippen LogP contribution in [0.15, 0.2) is 11.2 Å². The number of aromatic nitrogens is 4. The van der Waals surface area contributed by atoms with Gasteiger partial charge in [-0.15, -0.1) is 10.2 Å². The van der Waals surface area contributed by atoms with E-state index in [0.717, 1.165) is 16.4 Å². The first kappa shape index (κ1) is 20.2. The number of amides is 1. The number of hydrogen-bond acceptors (Lipinski definition) is 9. The summed E-state index contributed by atoms with van der Waals surface area (Å²) in [6, 6.07) is 1.89. The van der Waals surface area contributed by atoms with Gasteiger partial charge in [0.15, 0.2) is 11.8 Å². The highest BCUT2D eigenvalue weighted by Gasteiger charge is 2.12. The number of nitrogens with one attached hydrogen (secondary N) is 1. The molecule has 26 heavy (non-hydrogen) atoms. The minimum Gasteiger partial charge on any atom is -0.456 e. The molecular weight excluding hydrogens is 374 g/mol. The Labute approximate surface area is 160 Å². The number of nitrogens with zero attached hydrogens (tertiary/aromatic N) is 4. The zero-order chi connectivity index (χ0) is 19.1. The van der Waals surface area contributed by atoms with Crippen LogP contribution in [0.5, 0.6) is 0 Å². The summed E-state index contributed by atoms with van der Waals surface area (Å²) in [6.45, 7) is 7.44. The second kappa shape index (κ2) is 9.58. The topological polar surface area (TPSA) is 107 Å². The summed E-state index contributed by atoms with van der Waals surface area (Å²) in [5.74, 6) is -0.153. The van der Waals surface area contributed by atoms with Crippen molar-refractivity contribution in [2.75, 3.05) is 17.7 Å². The molecule has 0 radical (unpaired) electrons. The smallest absolute Gasteiger partial charge is 0.307 e. The number of anilines is 1. The SMILES string of the molecule is Cc1cc(C)nc(SCCC(=O)OCC(=O)Nc2nnc(C(C)C)s2)n1. The minimum absolute atomic E-state index is 0.171. The molecule has 140 valence electrons. The number of rotatable bonds is 8. The Morgan fingerprint density at radius 1 is 1.23 bits per heavy atom. The van der Waals surface area contributed by atoms with Gasteiger partial charge in [0.2, 0.25) is 5.13 Å². The van der Waals surface area contributed by atoms with Gasteiger partial charge in [-0.25, -0.2) is 9.97 Å². The van der Waals surface area contributed by atoms with Crippen molar-refractivity contribution in [3.8, 4) is 0 Å². The Morgan fingerprint density at radius 3 is 2.54 bits per heavy atom. The van der Waals surface area contributed by atoms with E-state index in [1.807, 2.05) is 33.8 Å². The predicted molar refractivity (Wildman–Crippen MR) is 100 cm³/mol. The van der Waals surface area contributed by atoms with E-state index in [1.54, 1.807) is 0 Å². The molecule has 10 heteroatoms. The summed E-state index contributed by atoms with van der Waals surface area (Å²) in [5.41, 5.74) is 1.77. The van der Waals surface area contributed by atoms with Crippen LogP contribution in [0, 0.1) is 13.8 Å². The number of hydrogen-bond donors (Lipinski definition) is 1. The quantitative estimate of drug-likeness (QED) is 0.413. The van der Waals surface area contributed by atoms with Crippen LogP contribution < -0.4 is 5.32 Å². The largest absolute Gasteiger partial charge is 0.456 e. The third kappa shape index (κ3) is 6.68. The summed E-state index contributed by atoms with van der Waals surface area (Å²) in [5, 5.41) is 12.3. The number of esters is 1. The molecule has 0 unspecified atom stereocenters. The summed E-state index contributed by atoms with van der Waals surface area (Å²) in [4.78, 5) is 32.1. The van der Waals surface area contributed by atoms with Gasteiger partial charge in [0.25, 0.3) is 5.91 Å². The van der Waals surface area contributed by atoms with Gasteiger partial charge in [0, 0.05) is 23.1 Å². The standard InChI is InChI=1S/C16H21N5O3S2/c1-9(2)14-20-21-16(26-14)19-12(22)8-24-13(23)5-6-25-15-17-10(3)7-11(4)18-15/h7,9H,5-6,8H2,1-4H3,(H,19,21,22). The van der Waals surface area contributed by atoms with Crippen molar-refractivity contribution in [2.24, 2.45) is 0 Å². The van der Waals surface area contributed by atoms with Crippen molar-refractivity contribution >= 4 is 40.1 Å². The van der Waals surface area contributed by atoms with Crippen molar-refractivity contribution in [3.63, 3.8) is 0 Å². The molecule has 0 atom stereocenters. The second-order valence-corrected chi connectivity index (χ2v) is 7.91.